The molecule has 31 heavy (non-hydrogen) atoms. The molecule has 2 aliphatic rings. The van der Waals surface area contributed by atoms with Crippen molar-refractivity contribution in [3.63, 3.8) is 0 Å². The fourth-order valence-corrected chi connectivity index (χ4v) is 6.27. The van der Waals surface area contributed by atoms with Crippen LogP contribution in [0.15, 0.2) is 91.0 Å². The van der Waals surface area contributed by atoms with E-state index in [1.165, 1.54) is 0 Å². The van der Waals surface area contributed by atoms with Gasteiger partial charge in [0.05, 0.1) is 10.3 Å². The van der Waals surface area contributed by atoms with Crippen LogP contribution in [0.1, 0.15) is 30.5 Å². The maximum absolute atomic E-state index is 13.2. The highest BCUT2D eigenvalue weighted by molar-refractivity contribution is 8.01. The summed E-state index contributed by atoms with van der Waals surface area (Å²) in [6.07, 6.45) is -0.771. The lowest BCUT2D eigenvalue weighted by atomic mass is 9.76. The number of carbonyl (C=O) groups is 1. The number of amides is 1. The third-order valence-corrected chi connectivity index (χ3v) is 7.94. The number of β-lactam (4-membered cyclic amide) rings is 1. The number of carbonyl (C=O) groups excluding carboxylic acids is 1. The average Bonchev–Trinajstić information content (AvgIpc) is 3.02. The first kappa shape index (κ1) is 20.3. The highest BCUT2D eigenvalue weighted by Crippen LogP contribution is 2.51. The van der Waals surface area contributed by atoms with E-state index in [-0.39, 0.29) is 11.3 Å². The van der Waals surface area contributed by atoms with E-state index in [1.807, 2.05) is 68.4 Å². The minimum Gasteiger partial charge on any atom is -0.372 e. The predicted molar refractivity (Wildman–Crippen MR) is 124 cm³/mol. The van der Waals surface area contributed by atoms with Crippen LogP contribution in [0.2, 0.25) is 0 Å². The molecular formula is C26H26N2O2S. The number of hydrogen-bond acceptors (Lipinski definition) is 4. The van der Waals surface area contributed by atoms with Gasteiger partial charge in [0, 0.05) is 0 Å². The second-order valence-electron chi connectivity index (χ2n) is 8.70. The monoisotopic (exact) mass is 430 g/mol. The summed E-state index contributed by atoms with van der Waals surface area (Å²) in [5.41, 5.74) is 2.51. The lowest BCUT2D eigenvalue weighted by Crippen LogP contribution is -2.71. The number of fused-ring (bicyclic) bond motifs is 1. The van der Waals surface area contributed by atoms with Crippen LogP contribution in [-0.2, 0) is 10.3 Å². The number of aliphatic hydroxyl groups is 1. The molecule has 0 aliphatic carbocycles. The van der Waals surface area contributed by atoms with Crippen molar-refractivity contribution in [3.05, 3.63) is 108 Å². The van der Waals surface area contributed by atoms with Crippen molar-refractivity contribution >= 4 is 17.7 Å². The highest BCUT2D eigenvalue weighted by atomic mass is 32.2. The second kappa shape index (κ2) is 7.52. The molecule has 2 fully saturated rings. The molecule has 0 aromatic heterocycles. The number of nitrogens with one attached hydrogen (secondary N) is 1. The fourth-order valence-electron chi connectivity index (χ4n) is 4.76. The summed E-state index contributed by atoms with van der Waals surface area (Å²) >= 11 is 1.66. The zero-order valence-electron chi connectivity index (χ0n) is 17.6. The quantitative estimate of drug-likeness (QED) is 0.475. The van der Waals surface area contributed by atoms with Crippen LogP contribution in [0, 0.1) is 0 Å². The van der Waals surface area contributed by atoms with Crippen LogP contribution in [-0.4, -0.2) is 38.3 Å². The Balaban J connectivity index is 1.66. The molecule has 5 rings (SSSR count). The Hall–Kier alpha value is -2.60. The largest absolute Gasteiger partial charge is 0.372 e. The van der Waals surface area contributed by atoms with Crippen LogP contribution in [0.5, 0.6) is 0 Å². The first-order valence-electron chi connectivity index (χ1n) is 10.6. The van der Waals surface area contributed by atoms with Crippen molar-refractivity contribution in [3.8, 4) is 0 Å². The van der Waals surface area contributed by atoms with E-state index in [0.29, 0.717) is 0 Å². The van der Waals surface area contributed by atoms with E-state index in [9.17, 15) is 9.90 Å². The van der Waals surface area contributed by atoms with Crippen molar-refractivity contribution in [2.45, 2.75) is 41.8 Å². The van der Waals surface area contributed by atoms with E-state index in [0.717, 1.165) is 16.7 Å². The van der Waals surface area contributed by atoms with E-state index in [1.54, 1.807) is 16.7 Å². The topological polar surface area (TPSA) is 52.6 Å². The Kier molecular flexibility index (Phi) is 4.93. The van der Waals surface area contributed by atoms with Gasteiger partial charge in [-0.15, -0.1) is 11.8 Å². The smallest absolute Gasteiger partial charge is 0.245 e. The van der Waals surface area contributed by atoms with Gasteiger partial charge in [-0.1, -0.05) is 91.0 Å². The number of nitrogens with zero attached hydrogens (tertiary/aromatic N) is 1. The van der Waals surface area contributed by atoms with Gasteiger partial charge in [-0.2, -0.15) is 0 Å². The minimum absolute atomic E-state index is 0.0530. The zero-order valence-corrected chi connectivity index (χ0v) is 18.4. The minimum atomic E-state index is -0.771. The van der Waals surface area contributed by atoms with Gasteiger partial charge >= 0.3 is 0 Å². The van der Waals surface area contributed by atoms with E-state index < -0.39 is 22.6 Å². The molecule has 2 N–H and O–H groups in total. The molecule has 2 aliphatic heterocycles. The lowest BCUT2D eigenvalue weighted by Gasteiger charge is -2.49. The van der Waals surface area contributed by atoms with Crippen molar-refractivity contribution in [2.24, 2.45) is 0 Å². The second-order valence-corrected chi connectivity index (χ2v) is 10.5. The number of rotatable bonds is 5. The van der Waals surface area contributed by atoms with Crippen LogP contribution in [0.3, 0.4) is 0 Å². The van der Waals surface area contributed by atoms with E-state index in [4.69, 9.17) is 0 Å². The average molecular weight is 431 g/mol. The van der Waals surface area contributed by atoms with E-state index in [2.05, 4.69) is 41.7 Å². The normalized spacial score (nSPS) is 24.5. The van der Waals surface area contributed by atoms with Crippen LogP contribution >= 0.6 is 11.8 Å². The molecule has 2 saturated heterocycles. The first-order valence-corrected chi connectivity index (χ1v) is 11.5. The van der Waals surface area contributed by atoms with Gasteiger partial charge in [-0.05, 0) is 30.5 Å². The standard InChI is InChI=1S/C26H26N2O2S/c1-25(2)24(30)28-22(29)21(23(28)31-25)27-26(18-12-6-3-7-13-18,19-14-8-4-9-15-19)20-16-10-5-11-17-20/h3-17,21,23-24,27,30H,1-2H3/t21-,23-,24-/m1/s1. The summed E-state index contributed by atoms with van der Waals surface area (Å²) in [6.45, 7) is 3.98. The molecule has 0 spiro atoms. The molecular weight excluding hydrogens is 404 g/mol. The fraction of sp³-hybridized carbons (Fsp3) is 0.269. The molecule has 0 saturated carbocycles. The Morgan fingerprint density at radius 3 is 1.68 bits per heavy atom. The zero-order chi connectivity index (χ0) is 21.6. The molecule has 158 valence electrons. The molecule has 5 heteroatoms. The van der Waals surface area contributed by atoms with Crippen molar-refractivity contribution in [1.29, 1.82) is 0 Å². The molecule has 0 bridgehead atoms. The number of benzene rings is 3. The van der Waals surface area contributed by atoms with Gasteiger partial charge in [0.2, 0.25) is 5.91 Å². The summed E-state index contributed by atoms with van der Waals surface area (Å²) in [7, 11) is 0. The van der Waals surface area contributed by atoms with Gasteiger partial charge in [-0.25, -0.2) is 0 Å². The first-order chi connectivity index (χ1) is 14.9. The highest BCUT2D eigenvalue weighted by Gasteiger charge is 2.62. The van der Waals surface area contributed by atoms with E-state index >= 15 is 0 Å². The molecule has 3 atom stereocenters. The maximum Gasteiger partial charge on any atom is 0.245 e. The Bertz CT molecular complexity index is 976. The summed E-state index contributed by atoms with van der Waals surface area (Å²) in [5, 5.41) is 14.3. The summed E-state index contributed by atoms with van der Waals surface area (Å²) in [6, 6.07) is 30.4. The van der Waals surface area contributed by atoms with Crippen LogP contribution < -0.4 is 5.32 Å². The molecule has 2 heterocycles. The molecule has 0 unspecified atom stereocenters. The van der Waals surface area contributed by atoms with Gasteiger partial charge in [0.15, 0.2) is 0 Å². The van der Waals surface area contributed by atoms with Crippen LogP contribution in [0.4, 0.5) is 0 Å². The Morgan fingerprint density at radius 1 is 0.839 bits per heavy atom. The van der Waals surface area contributed by atoms with Crippen molar-refractivity contribution in [2.75, 3.05) is 0 Å². The lowest BCUT2D eigenvalue weighted by molar-refractivity contribution is -0.161. The van der Waals surface area contributed by atoms with Gasteiger partial charge < -0.3 is 10.0 Å². The van der Waals surface area contributed by atoms with Crippen molar-refractivity contribution in [1.82, 2.24) is 10.2 Å². The van der Waals surface area contributed by atoms with Gasteiger partial charge in [0.25, 0.3) is 0 Å². The summed E-state index contributed by atoms with van der Waals surface area (Å²) in [4.78, 5) is 14.8. The molecule has 1 amide bonds. The SMILES string of the molecule is CC1(C)S[C@@H]2[C@H](NC(c3ccccc3)(c3ccccc3)c3ccccc3)C(=O)N2[C@@H]1O. The number of hydrogen-bond donors (Lipinski definition) is 2. The van der Waals surface area contributed by atoms with Crippen molar-refractivity contribution < 1.29 is 9.90 Å². The van der Waals surface area contributed by atoms with Crippen LogP contribution in [0.25, 0.3) is 0 Å². The Labute approximate surface area is 187 Å². The number of aliphatic hydroxyl groups excluding tert-OH is 1. The number of thioether (sulfide) groups is 1. The predicted octanol–water partition coefficient (Wildman–Crippen LogP) is 3.95. The molecule has 0 radical (unpaired) electrons. The molecule has 3 aromatic carbocycles. The summed E-state index contributed by atoms with van der Waals surface area (Å²) < 4.78 is -0.397. The molecule has 4 nitrogen and oxygen atoms in total. The summed E-state index contributed by atoms with van der Waals surface area (Å²) in [5.74, 6) is -0.0530. The maximum atomic E-state index is 13.2. The molecule has 3 aromatic rings. The van der Waals surface area contributed by atoms with Gasteiger partial charge in [-0.3, -0.25) is 10.1 Å². The third kappa shape index (κ3) is 3.11. The van der Waals surface area contributed by atoms with Gasteiger partial charge in [0.1, 0.15) is 17.6 Å². The Morgan fingerprint density at radius 2 is 1.26 bits per heavy atom. The third-order valence-electron chi connectivity index (χ3n) is 6.38.